The summed E-state index contributed by atoms with van der Waals surface area (Å²) in [7, 11) is -3.47. The molecule has 0 radical (unpaired) electrons. The topological polar surface area (TPSA) is 75.7 Å². The van der Waals surface area contributed by atoms with Gasteiger partial charge in [0.1, 0.15) is 12.4 Å². The van der Waals surface area contributed by atoms with Crippen molar-refractivity contribution in [3.05, 3.63) is 58.1 Å². The Morgan fingerprint density at radius 2 is 1.83 bits per heavy atom. The average molecular weight is 453 g/mol. The van der Waals surface area contributed by atoms with Crippen LogP contribution in [0.25, 0.3) is 0 Å². The van der Waals surface area contributed by atoms with Crippen LogP contribution >= 0.6 is 11.6 Å². The Balaban J connectivity index is 1.80. The summed E-state index contributed by atoms with van der Waals surface area (Å²) in [5.41, 5.74) is 3.56. The molecular weight excluding hydrogens is 424 g/mol. The third-order valence-corrected chi connectivity index (χ3v) is 6.02. The zero-order valence-electron chi connectivity index (χ0n) is 17.9. The maximum atomic E-state index is 12.2. The van der Waals surface area contributed by atoms with Crippen molar-refractivity contribution in [2.45, 2.75) is 33.6 Å². The second-order valence-corrected chi connectivity index (χ2v) is 9.68. The normalized spacial score (nSPS) is 11.2. The molecule has 0 aliphatic heterocycles. The fourth-order valence-corrected chi connectivity index (χ4v) is 4.40. The van der Waals surface area contributed by atoms with E-state index in [1.807, 2.05) is 39.0 Å². The van der Waals surface area contributed by atoms with Crippen molar-refractivity contribution >= 4 is 33.2 Å². The van der Waals surface area contributed by atoms with E-state index in [1.165, 1.54) is 9.87 Å². The molecule has 0 heterocycles. The van der Waals surface area contributed by atoms with Gasteiger partial charge in [0, 0.05) is 18.0 Å². The Labute approximate surface area is 184 Å². The molecule has 2 aromatic carbocycles. The SMILES string of the molecule is Cc1ccc(OCCNC(=O)CCCN(c2ccc(Cl)cc2C)S(C)(=O)=O)c(C)c1. The number of hydrogen-bond donors (Lipinski definition) is 1. The first-order valence-corrected chi connectivity index (χ1v) is 12.0. The minimum Gasteiger partial charge on any atom is -0.491 e. The number of carbonyl (C=O) groups is 1. The zero-order valence-corrected chi connectivity index (χ0v) is 19.4. The van der Waals surface area contributed by atoms with Crippen molar-refractivity contribution in [2.75, 3.05) is 30.3 Å². The minimum absolute atomic E-state index is 0.138. The van der Waals surface area contributed by atoms with Gasteiger partial charge in [0.2, 0.25) is 15.9 Å². The first-order chi connectivity index (χ1) is 14.1. The van der Waals surface area contributed by atoms with Crippen LogP contribution in [-0.4, -0.2) is 40.3 Å². The van der Waals surface area contributed by atoms with Crippen LogP contribution in [-0.2, 0) is 14.8 Å². The van der Waals surface area contributed by atoms with E-state index < -0.39 is 10.0 Å². The molecule has 0 saturated heterocycles. The van der Waals surface area contributed by atoms with Gasteiger partial charge >= 0.3 is 0 Å². The van der Waals surface area contributed by atoms with E-state index in [9.17, 15) is 13.2 Å². The molecule has 2 aromatic rings. The number of benzene rings is 2. The first-order valence-electron chi connectivity index (χ1n) is 9.78. The lowest BCUT2D eigenvalue weighted by atomic mass is 10.1. The third-order valence-electron chi connectivity index (χ3n) is 4.61. The minimum atomic E-state index is -3.47. The maximum Gasteiger partial charge on any atom is 0.232 e. The highest BCUT2D eigenvalue weighted by molar-refractivity contribution is 7.92. The van der Waals surface area contributed by atoms with Gasteiger partial charge in [-0.05, 0) is 62.6 Å². The van der Waals surface area contributed by atoms with Crippen LogP contribution < -0.4 is 14.4 Å². The Kier molecular flexibility index (Phi) is 8.55. The van der Waals surface area contributed by atoms with E-state index in [1.54, 1.807) is 18.2 Å². The van der Waals surface area contributed by atoms with E-state index in [0.29, 0.717) is 30.3 Å². The largest absolute Gasteiger partial charge is 0.491 e. The molecule has 0 atom stereocenters. The van der Waals surface area contributed by atoms with Crippen LogP contribution in [0.2, 0.25) is 5.02 Å². The van der Waals surface area contributed by atoms with Crippen LogP contribution in [0.3, 0.4) is 0 Å². The highest BCUT2D eigenvalue weighted by atomic mass is 35.5. The molecule has 1 N–H and O–H groups in total. The molecule has 2 rings (SSSR count). The van der Waals surface area contributed by atoms with Crippen LogP contribution in [0.5, 0.6) is 5.75 Å². The number of nitrogens with zero attached hydrogens (tertiary/aromatic N) is 1. The third kappa shape index (κ3) is 7.22. The lowest BCUT2D eigenvalue weighted by Gasteiger charge is -2.24. The van der Waals surface area contributed by atoms with E-state index in [4.69, 9.17) is 16.3 Å². The number of ether oxygens (including phenoxy) is 1. The molecule has 0 aliphatic carbocycles. The summed E-state index contributed by atoms with van der Waals surface area (Å²) in [4.78, 5) is 12.1. The average Bonchev–Trinajstić information content (AvgIpc) is 2.64. The fraction of sp³-hybridized carbons (Fsp3) is 0.409. The number of halogens is 1. The van der Waals surface area contributed by atoms with Gasteiger partial charge in [0.15, 0.2) is 0 Å². The molecule has 164 valence electrons. The first kappa shape index (κ1) is 24.0. The Morgan fingerprint density at radius 1 is 1.10 bits per heavy atom. The Bertz CT molecular complexity index is 993. The number of sulfonamides is 1. The summed E-state index contributed by atoms with van der Waals surface area (Å²) in [6, 6.07) is 11.0. The number of carbonyl (C=O) groups excluding carboxylic acids is 1. The number of rotatable bonds is 10. The Morgan fingerprint density at radius 3 is 2.47 bits per heavy atom. The summed E-state index contributed by atoms with van der Waals surface area (Å²) in [6.07, 6.45) is 1.78. The predicted molar refractivity (Wildman–Crippen MR) is 122 cm³/mol. The van der Waals surface area contributed by atoms with E-state index >= 15 is 0 Å². The molecule has 0 spiro atoms. The molecule has 0 bridgehead atoms. The van der Waals surface area contributed by atoms with Gasteiger partial charge in [-0.3, -0.25) is 9.10 Å². The van der Waals surface area contributed by atoms with Gasteiger partial charge in [-0.15, -0.1) is 0 Å². The van der Waals surface area contributed by atoms with E-state index in [-0.39, 0.29) is 18.9 Å². The molecule has 0 fully saturated rings. The van der Waals surface area contributed by atoms with Gasteiger partial charge < -0.3 is 10.1 Å². The number of hydrogen-bond acceptors (Lipinski definition) is 4. The second kappa shape index (κ2) is 10.7. The summed E-state index contributed by atoms with van der Waals surface area (Å²) in [6.45, 7) is 6.79. The van der Waals surface area contributed by atoms with Crippen molar-refractivity contribution in [1.29, 1.82) is 0 Å². The maximum absolute atomic E-state index is 12.2. The van der Waals surface area contributed by atoms with Crippen LogP contribution in [0.4, 0.5) is 5.69 Å². The highest BCUT2D eigenvalue weighted by Crippen LogP contribution is 2.26. The van der Waals surface area contributed by atoms with Gasteiger partial charge in [-0.2, -0.15) is 0 Å². The lowest BCUT2D eigenvalue weighted by molar-refractivity contribution is -0.121. The number of amides is 1. The molecule has 0 saturated carbocycles. The molecule has 8 heteroatoms. The smallest absolute Gasteiger partial charge is 0.232 e. The molecule has 0 aliphatic rings. The van der Waals surface area contributed by atoms with Gasteiger partial charge in [-0.25, -0.2) is 8.42 Å². The summed E-state index contributed by atoms with van der Waals surface area (Å²) in [5, 5.41) is 3.35. The van der Waals surface area contributed by atoms with Crippen molar-refractivity contribution in [3.8, 4) is 5.75 Å². The number of aryl methyl sites for hydroxylation is 3. The second-order valence-electron chi connectivity index (χ2n) is 7.34. The summed E-state index contributed by atoms with van der Waals surface area (Å²) < 4.78 is 31.4. The highest BCUT2D eigenvalue weighted by Gasteiger charge is 2.19. The van der Waals surface area contributed by atoms with Crippen molar-refractivity contribution in [3.63, 3.8) is 0 Å². The van der Waals surface area contributed by atoms with Crippen LogP contribution in [0, 0.1) is 20.8 Å². The van der Waals surface area contributed by atoms with Crippen LogP contribution in [0.15, 0.2) is 36.4 Å². The fourth-order valence-electron chi connectivity index (χ4n) is 3.15. The predicted octanol–water partition coefficient (Wildman–Crippen LogP) is 4.01. The quantitative estimate of drug-likeness (QED) is 0.552. The van der Waals surface area contributed by atoms with Crippen LogP contribution in [0.1, 0.15) is 29.5 Å². The standard InChI is InChI=1S/C22H29ClN2O4S/c1-16-7-10-21(18(3)14-16)29-13-11-24-22(26)6-5-12-25(30(4,27)28)20-9-8-19(23)15-17(20)2/h7-10,14-15H,5-6,11-13H2,1-4H3,(H,24,26). The van der Waals surface area contributed by atoms with Gasteiger partial charge in [0.05, 0.1) is 18.5 Å². The summed E-state index contributed by atoms with van der Waals surface area (Å²) >= 11 is 5.97. The molecule has 30 heavy (non-hydrogen) atoms. The van der Waals surface area contributed by atoms with Gasteiger partial charge in [0.25, 0.3) is 0 Å². The number of nitrogens with one attached hydrogen (secondary N) is 1. The molecular formula is C22H29ClN2O4S. The van der Waals surface area contributed by atoms with Gasteiger partial charge in [-0.1, -0.05) is 29.3 Å². The molecule has 0 aromatic heterocycles. The molecule has 1 amide bonds. The lowest BCUT2D eigenvalue weighted by Crippen LogP contribution is -2.33. The van der Waals surface area contributed by atoms with E-state index in [2.05, 4.69) is 5.32 Å². The zero-order chi connectivity index (χ0) is 22.3. The van der Waals surface area contributed by atoms with Crippen molar-refractivity contribution in [1.82, 2.24) is 5.32 Å². The van der Waals surface area contributed by atoms with Crippen molar-refractivity contribution in [2.24, 2.45) is 0 Å². The molecule has 0 unspecified atom stereocenters. The number of anilines is 1. The molecule has 6 nitrogen and oxygen atoms in total. The Hall–Kier alpha value is -2.25. The monoisotopic (exact) mass is 452 g/mol. The summed E-state index contributed by atoms with van der Waals surface area (Å²) in [5.74, 6) is 0.664. The van der Waals surface area contributed by atoms with Crippen molar-refractivity contribution < 1.29 is 17.9 Å². The van der Waals surface area contributed by atoms with E-state index in [0.717, 1.165) is 23.1 Å².